The molecule has 2 aromatic rings. The summed E-state index contributed by atoms with van der Waals surface area (Å²) >= 11 is 0. The van der Waals surface area contributed by atoms with Crippen molar-refractivity contribution in [2.45, 2.75) is 0 Å². The molecule has 4 N–H and O–H groups in total. The van der Waals surface area contributed by atoms with Crippen molar-refractivity contribution in [1.29, 1.82) is 0 Å². The first-order valence-electron chi connectivity index (χ1n) is 6.60. The Morgan fingerprint density at radius 1 is 0.560 bits per heavy atom. The molecule has 0 radical (unpaired) electrons. The van der Waals surface area contributed by atoms with Crippen LogP contribution < -0.4 is 4.74 Å². The summed E-state index contributed by atoms with van der Waals surface area (Å²) < 4.78 is 5.32. The molecule has 0 amide bonds. The summed E-state index contributed by atoms with van der Waals surface area (Å²) in [5, 5.41) is 36.0. The van der Waals surface area contributed by atoms with Crippen molar-refractivity contribution in [3.05, 3.63) is 58.7 Å². The van der Waals surface area contributed by atoms with Gasteiger partial charge in [-0.1, -0.05) is 0 Å². The van der Waals surface area contributed by atoms with E-state index in [-0.39, 0.29) is 11.5 Å². The van der Waals surface area contributed by atoms with E-state index < -0.39 is 46.1 Å². The van der Waals surface area contributed by atoms with Crippen molar-refractivity contribution < 1.29 is 44.3 Å². The van der Waals surface area contributed by atoms with Gasteiger partial charge in [0.15, 0.2) is 0 Å². The molecule has 0 atom stereocenters. The highest BCUT2D eigenvalue weighted by molar-refractivity contribution is 6.02. The second kappa shape index (κ2) is 6.71. The second-order valence-corrected chi connectivity index (χ2v) is 4.74. The predicted molar refractivity (Wildman–Crippen MR) is 80.8 cm³/mol. The Bertz CT molecular complexity index is 825. The third-order valence-corrected chi connectivity index (χ3v) is 3.14. The van der Waals surface area contributed by atoms with E-state index in [9.17, 15) is 19.2 Å². The lowest BCUT2D eigenvalue weighted by Crippen LogP contribution is -2.09. The minimum Gasteiger partial charge on any atom is -0.478 e. The van der Waals surface area contributed by atoms with Crippen LogP contribution in [0.25, 0.3) is 0 Å². The fourth-order valence-electron chi connectivity index (χ4n) is 2.04. The number of hydrogen-bond donors (Lipinski definition) is 4. The van der Waals surface area contributed by atoms with Gasteiger partial charge >= 0.3 is 23.9 Å². The van der Waals surface area contributed by atoms with Crippen LogP contribution in [0.4, 0.5) is 0 Å². The number of carbonyl (C=O) groups is 4. The van der Waals surface area contributed by atoms with Crippen molar-refractivity contribution in [2.75, 3.05) is 0 Å². The first kappa shape index (κ1) is 17.5. The minimum atomic E-state index is -1.48. The maximum Gasteiger partial charge on any atom is 0.336 e. The predicted octanol–water partition coefficient (Wildman–Crippen LogP) is 2.27. The lowest BCUT2D eigenvalue weighted by Gasteiger charge is -2.10. The Morgan fingerprint density at radius 3 is 1.16 bits per heavy atom. The summed E-state index contributed by atoms with van der Waals surface area (Å²) in [5.41, 5.74) is -1.89. The molecule has 0 saturated carbocycles. The Morgan fingerprint density at radius 2 is 0.880 bits per heavy atom. The van der Waals surface area contributed by atoms with E-state index in [1.807, 2.05) is 0 Å². The monoisotopic (exact) mass is 346 g/mol. The number of benzene rings is 2. The Hall–Kier alpha value is -3.88. The molecule has 0 aromatic heterocycles. The quantitative estimate of drug-likeness (QED) is 0.615. The van der Waals surface area contributed by atoms with Gasteiger partial charge in [-0.25, -0.2) is 19.2 Å². The summed E-state index contributed by atoms with van der Waals surface area (Å²) in [5.74, 6) is -5.92. The molecule has 0 saturated heterocycles. The molecule has 128 valence electrons. The normalized spacial score (nSPS) is 10.1. The molecule has 25 heavy (non-hydrogen) atoms. The second-order valence-electron chi connectivity index (χ2n) is 4.74. The maximum atomic E-state index is 11.1. The van der Waals surface area contributed by atoms with Crippen molar-refractivity contribution in [3.63, 3.8) is 0 Å². The van der Waals surface area contributed by atoms with Crippen LogP contribution in [0.15, 0.2) is 36.4 Å². The molecular formula is C16H10O9. The van der Waals surface area contributed by atoms with Gasteiger partial charge in [0, 0.05) is 0 Å². The zero-order valence-electron chi connectivity index (χ0n) is 12.3. The summed E-state index contributed by atoms with van der Waals surface area (Å²) in [6.45, 7) is 0. The fourth-order valence-corrected chi connectivity index (χ4v) is 2.04. The molecule has 0 aliphatic rings. The van der Waals surface area contributed by atoms with E-state index in [2.05, 4.69) is 0 Å². The van der Waals surface area contributed by atoms with Crippen LogP contribution in [0.1, 0.15) is 41.4 Å². The van der Waals surface area contributed by atoms with E-state index in [4.69, 9.17) is 25.2 Å². The average molecular weight is 346 g/mol. The van der Waals surface area contributed by atoms with Crippen LogP contribution in [0, 0.1) is 0 Å². The van der Waals surface area contributed by atoms with Gasteiger partial charge in [0.1, 0.15) is 11.5 Å². The molecule has 0 aliphatic carbocycles. The van der Waals surface area contributed by atoms with Crippen molar-refractivity contribution in [3.8, 4) is 11.5 Å². The van der Waals surface area contributed by atoms with Crippen LogP contribution in [0.5, 0.6) is 11.5 Å². The lowest BCUT2D eigenvalue weighted by atomic mass is 10.1. The van der Waals surface area contributed by atoms with Gasteiger partial charge in [-0.05, 0) is 36.4 Å². The molecule has 9 heteroatoms. The van der Waals surface area contributed by atoms with Crippen molar-refractivity contribution >= 4 is 23.9 Å². The SMILES string of the molecule is O=C(O)c1ccc(Oc2ccc(C(=O)O)c(C(=O)O)c2)cc1C(=O)O. The van der Waals surface area contributed by atoms with E-state index >= 15 is 0 Å². The van der Waals surface area contributed by atoms with Gasteiger partial charge in [-0.2, -0.15) is 0 Å². The number of ether oxygens (including phenoxy) is 1. The number of rotatable bonds is 6. The van der Waals surface area contributed by atoms with Gasteiger partial charge < -0.3 is 25.2 Å². The zero-order valence-corrected chi connectivity index (χ0v) is 12.3. The standard InChI is InChI=1S/C16H10O9/c17-13(18)9-3-1-7(5-11(9)15(21)22)25-8-2-4-10(14(19)20)12(6-8)16(23)24/h1-6H,(H,17,18)(H,19,20)(H,21,22)(H,23,24). The largest absolute Gasteiger partial charge is 0.478 e. The van der Waals surface area contributed by atoms with Crippen LogP contribution in [0.2, 0.25) is 0 Å². The van der Waals surface area contributed by atoms with Gasteiger partial charge in [0.2, 0.25) is 0 Å². The summed E-state index contributed by atoms with van der Waals surface area (Å²) in [4.78, 5) is 44.2. The third-order valence-electron chi connectivity index (χ3n) is 3.14. The maximum absolute atomic E-state index is 11.1. The first-order valence-corrected chi connectivity index (χ1v) is 6.60. The number of carboxylic acid groups (broad SMARTS) is 4. The van der Waals surface area contributed by atoms with E-state index in [1.165, 1.54) is 12.1 Å². The van der Waals surface area contributed by atoms with Crippen LogP contribution in [-0.4, -0.2) is 44.3 Å². The molecule has 0 unspecified atom stereocenters. The fraction of sp³-hybridized carbons (Fsp3) is 0. The topological polar surface area (TPSA) is 158 Å². The highest BCUT2D eigenvalue weighted by Gasteiger charge is 2.19. The molecule has 2 aromatic carbocycles. The van der Waals surface area contributed by atoms with Gasteiger partial charge in [0.25, 0.3) is 0 Å². The molecule has 9 nitrogen and oxygen atoms in total. The van der Waals surface area contributed by atoms with Crippen molar-refractivity contribution in [2.24, 2.45) is 0 Å². The zero-order chi connectivity index (χ0) is 18.7. The molecule has 0 bridgehead atoms. The molecule has 0 spiro atoms. The number of hydrogen-bond acceptors (Lipinski definition) is 5. The Balaban J connectivity index is 2.43. The minimum absolute atomic E-state index is 0.0539. The molecular weight excluding hydrogens is 336 g/mol. The molecule has 0 aliphatic heterocycles. The van der Waals surface area contributed by atoms with E-state index in [0.29, 0.717) is 0 Å². The lowest BCUT2D eigenvalue weighted by molar-refractivity contribution is 0.0651. The highest BCUT2D eigenvalue weighted by Crippen LogP contribution is 2.26. The van der Waals surface area contributed by atoms with Gasteiger partial charge in [-0.15, -0.1) is 0 Å². The van der Waals surface area contributed by atoms with Crippen molar-refractivity contribution in [1.82, 2.24) is 0 Å². The molecule has 2 rings (SSSR count). The average Bonchev–Trinajstić information content (AvgIpc) is 2.54. The summed E-state index contributed by atoms with van der Waals surface area (Å²) in [6, 6.07) is 6.40. The number of aromatic carboxylic acids is 4. The molecule has 0 fully saturated rings. The van der Waals surface area contributed by atoms with Crippen LogP contribution in [-0.2, 0) is 0 Å². The van der Waals surface area contributed by atoms with Gasteiger partial charge in [0.05, 0.1) is 22.3 Å². The Kier molecular flexibility index (Phi) is 4.69. The number of carboxylic acids is 4. The first-order chi connectivity index (χ1) is 11.7. The summed E-state index contributed by atoms with van der Waals surface area (Å²) in [6.07, 6.45) is 0. The summed E-state index contributed by atoms with van der Waals surface area (Å²) in [7, 11) is 0. The highest BCUT2D eigenvalue weighted by atomic mass is 16.5. The Labute approximate surface area is 139 Å². The van der Waals surface area contributed by atoms with E-state index in [1.54, 1.807) is 0 Å². The smallest absolute Gasteiger partial charge is 0.336 e. The third kappa shape index (κ3) is 3.72. The van der Waals surface area contributed by atoms with Gasteiger partial charge in [-0.3, -0.25) is 0 Å². The van der Waals surface area contributed by atoms with E-state index in [0.717, 1.165) is 24.3 Å². The van der Waals surface area contributed by atoms with Crippen LogP contribution in [0.3, 0.4) is 0 Å². The van der Waals surface area contributed by atoms with Crippen LogP contribution >= 0.6 is 0 Å². The molecule has 0 heterocycles.